The van der Waals surface area contributed by atoms with Crippen molar-refractivity contribution < 1.29 is 18.2 Å². The van der Waals surface area contributed by atoms with Crippen LogP contribution in [0.3, 0.4) is 0 Å². The van der Waals surface area contributed by atoms with Gasteiger partial charge >= 0.3 is 0 Å². The van der Waals surface area contributed by atoms with Crippen molar-refractivity contribution in [1.82, 2.24) is 24.9 Å². The number of fused-ring (bicyclic) bond motifs is 1. The van der Waals surface area contributed by atoms with Crippen LogP contribution in [0.2, 0.25) is 0 Å². The first-order valence-electron chi connectivity index (χ1n) is 10.3. The average molecular weight is 528 g/mol. The highest BCUT2D eigenvalue weighted by molar-refractivity contribution is 9.10. The second kappa shape index (κ2) is 8.86. The van der Waals surface area contributed by atoms with E-state index in [2.05, 4.69) is 52.0 Å². The van der Waals surface area contributed by atoms with Crippen molar-refractivity contribution in [3.63, 3.8) is 0 Å². The van der Waals surface area contributed by atoms with Gasteiger partial charge in [-0.2, -0.15) is 10.6 Å². The molecule has 1 saturated heterocycles. The maximum absolute atomic E-state index is 13.9. The molecule has 0 radical (unpaired) electrons. The number of rotatable bonds is 5. The van der Waals surface area contributed by atoms with E-state index in [1.54, 1.807) is 0 Å². The molecule has 1 aliphatic heterocycles. The van der Waals surface area contributed by atoms with E-state index < -0.39 is 16.4 Å². The van der Waals surface area contributed by atoms with Crippen LogP contribution in [0.5, 0.6) is 11.6 Å². The molecule has 0 amide bonds. The molecule has 2 aromatic heterocycles. The first-order chi connectivity index (χ1) is 15.0. The average Bonchev–Trinajstić information content (AvgIpc) is 3.09. The van der Waals surface area contributed by atoms with Gasteiger partial charge in [-0.25, -0.2) is 14.1 Å². The van der Waals surface area contributed by atoms with Crippen LogP contribution in [-0.4, -0.2) is 58.6 Å². The highest BCUT2D eigenvalue weighted by Gasteiger charge is 2.24. The first-order valence-corrected chi connectivity index (χ1v) is 13.0. The molecule has 0 atom stereocenters. The number of ether oxygens (including phenoxy) is 1. The molecule has 0 spiro atoms. The van der Waals surface area contributed by atoms with E-state index >= 15 is 0 Å². The van der Waals surface area contributed by atoms with Crippen LogP contribution in [0.25, 0.3) is 11.0 Å². The molecule has 3 heterocycles. The van der Waals surface area contributed by atoms with E-state index in [0.717, 1.165) is 18.3 Å². The number of benzene rings is 1. The molecular formula is C21H27BrFN5O3S. The molecule has 32 heavy (non-hydrogen) atoms. The zero-order valence-corrected chi connectivity index (χ0v) is 20.7. The third-order valence-electron chi connectivity index (χ3n) is 5.18. The second-order valence-electron chi connectivity index (χ2n) is 9.26. The quantitative estimate of drug-likeness (QED) is 0.474. The molecule has 3 aromatic rings. The van der Waals surface area contributed by atoms with Gasteiger partial charge in [-0.1, -0.05) is 26.0 Å². The first kappa shape index (κ1) is 23.4. The van der Waals surface area contributed by atoms with E-state index in [1.165, 1.54) is 6.07 Å². The van der Waals surface area contributed by atoms with Crippen LogP contribution in [0.15, 0.2) is 28.9 Å². The Bertz CT molecular complexity index is 1120. The van der Waals surface area contributed by atoms with E-state index in [1.807, 2.05) is 21.7 Å². The minimum atomic E-state index is -2.49. The maximum atomic E-state index is 13.9. The summed E-state index contributed by atoms with van der Waals surface area (Å²) in [5.41, 5.74) is 2.21. The van der Waals surface area contributed by atoms with Gasteiger partial charge in [0.2, 0.25) is 5.88 Å². The molecule has 4 rings (SSSR count). The third kappa shape index (κ3) is 5.40. The Morgan fingerprint density at radius 1 is 1.22 bits per heavy atom. The van der Waals surface area contributed by atoms with E-state index in [-0.39, 0.29) is 5.41 Å². The SMILES string of the molecule is CC(C)(C)Cn1nnc2c(Br)c(Oc3ncc(F)cc3CN3CCS(O)(O)CC3)ccc21. The van der Waals surface area contributed by atoms with Crippen LogP contribution in [-0.2, 0) is 13.1 Å². The molecule has 0 saturated carbocycles. The number of halogens is 2. The molecule has 11 heteroatoms. The molecule has 174 valence electrons. The molecule has 1 aromatic carbocycles. The van der Waals surface area contributed by atoms with Gasteiger partial charge in [0, 0.05) is 31.7 Å². The monoisotopic (exact) mass is 527 g/mol. The summed E-state index contributed by atoms with van der Waals surface area (Å²) in [7, 11) is -2.49. The predicted octanol–water partition coefficient (Wildman–Crippen LogP) is 5.13. The lowest BCUT2D eigenvalue weighted by molar-refractivity contribution is 0.273. The molecule has 1 aliphatic rings. The Morgan fingerprint density at radius 3 is 2.62 bits per heavy atom. The lowest BCUT2D eigenvalue weighted by Crippen LogP contribution is -2.37. The maximum Gasteiger partial charge on any atom is 0.223 e. The smallest absolute Gasteiger partial charge is 0.223 e. The van der Waals surface area contributed by atoms with Crippen LogP contribution < -0.4 is 4.74 Å². The van der Waals surface area contributed by atoms with Gasteiger partial charge < -0.3 is 4.74 Å². The summed E-state index contributed by atoms with van der Waals surface area (Å²) in [6, 6.07) is 5.13. The second-order valence-corrected chi connectivity index (χ2v) is 12.5. The number of hydrogen-bond donors (Lipinski definition) is 2. The van der Waals surface area contributed by atoms with E-state index in [0.29, 0.717) is 58.3 Å². The van der Waals surface area contributed by atoms with Crippen molar-refractivity contribution in [2.75, 3.05) is 24.6 Å². The molecule has 1 fully saturated rings. The number of pyridine rings is 1. The number of hydrogen-bond acceptors (Lipinski definition) is 7. The minimum Gasteiger partial charge on any atom is -0.437 e. The van der Waals surface area contributed by atoms with Crippen molar-refractivity contribution in [1.29, 1.82) is 0 Å². The minimum absolute atomic E-state index is 0.0525. The molecule has 0 unspecified atom stereocenters. The van der Waals surface area contributed by atoms with Gasteiger partial charge in [-0.05, 0) is 39.5 Å². The topological polar surface area (TPSA) is 96.5 Å². The summed E-state index contributed by atoms with van der Waals surface area (Å²) < 4.78 is 42.2. The van der Waals surface area contributed by atoms with Crippen molar-refractivity contribution >= 4 is 37.6 Å². The van der Waals surface area contributed by atoms with Crippen LogP contribution in [0.4, 0.5) is 4.39 Å². The largest absolute Gasteiger partial charge is 0.437 e. The lowest BCUT2D eigenvalue weighted by Gasteiger charge is -2.41. The number of aromatic nitrogens is 4. The Balaban J connectivity index is 1.58. The standard InChI is InChI=1S/C21H27BrFN5O3S/c1-21(2,3)13-28-16-4-5-17(18(22)19(16)25-26-28)31-20-14(10-15(23)11-24-20)12-27-6-8-32(29,30)9-7-27/h4-5,10-11,29-30H,6-9,12-13H2,1-3H3. The van der Waals surface area contributed by atoms with Gasteiger partial charge in [0.15, 0.2) is 0 Å². The Kier molecular flexibility index (Phi) is 6.47. The van der Waals surface area contributed by atoms with Crippen molar-refractivity contribution in [3.05, 3.63) is 40.2 Å². The molecule has 0 bridgehead atoms. The fraction of sp³-hybridized carbons (Fsp3) is 0.476. The van der Waals surface area contributed by atoms with E-state index in [4.69, 9.17) is 4.74 Å². The summed E-state index contributed by atoms with van der Waals surface area (Å²) in [6.45, 7) is 8.58. The molecule has 8 nitrogen and oxygen atoms in total. The molecular weight excluding hydrogens is 501 g/mol. The fourth-order valence-electron chi connectivity index (χ4n) is 3.57. The summed E-state index contributed by atoms with van der Waals surface area (Å²) >= 11 is 3.58. The Morgan fingerprint density at radius 2 is 1.94 bits per heavy atom. The summed E-state index contributed by atoms with van der Waals surface area (Å²) in [6.07, 6.45) is 1.12. The van der Waals surface area contributed by atoms with Gasteiger partial charge in [0.1, 0.15) is 17.1 Å². The lowest BCUT2D eigenvalue weighted by atomic mass is 9.97. The van der Waals surface area contributed by atoms with Gasteiger partial charge in [0.05, 0.1) is 27.7 Å². The zero-order chi connectivity index (χ0) is 23.1. The van der Waals surface area contributed by atoms with Crippen molar-refractivity contribution in [3.8, 4) is 11.6 Å². The molecule has 0 aliphatic carbocycles. The van der Waals surface area contributed by atoms with Gasteiger partial charge in [0.25, 0.3) is 0 Å². The van der Waals surface area contributed by atoms with Gasteiger partial charge in [-0.3, -0.25) is 14.0 Å². The zero-order valence-electron chi connectivity index (χ0n) is 18.3. The van der Waals surface area contributed by atoms with Gasteiger partial charge in [-0.15, -0.1) is 5.10 Å². The molecule has 2 N–H and O–H groups in total. The van der Waals surface area contributed by atoms with Crippen LogP contribution >= 0.6 is 26.5 Å². The highest BCUT2D eigenvalue weighted by Crippen LogP contribution is 2.41. The van der Waals surface area contributed by atoms with Crippen LogP contribution in [0, 0.1) is 11.2 Å². The fourth-order valence-corrected chi connectivity index (χ4v) is 5.37. The van der Waals surface area contributed by atoms with Crippen molar-refractivity contribution in [2.45, 2.75) is 33.9 Å². The van der Waals surface area contributed by atoms with E-state index in [9.17, 15) is 13.5 Å². The van der Waals surface area contributed by atoms with Crippen LogP contribution in [0.1, 0.15) is 26.3 Å². The third-order valence-corrected chi connectivity index (χ3v) is 7.61. The summed E-state index contributed by atoms with van der Waals surface area (Å²) in [5, 5.41) is 8.58. The summed E-state index contributed by atoms with van der Waals surface area (Å²) in [5.74, 6) is 0.990. The summed E-state index contributed by atoms with van der Waals surface area (Å²) in [4.78, 5) is 6.20. The predicted molar refractivity (Wildman–Crippen MR) is 127 cm³/mol. The Labute approximate surface area is 196 Å². The highest BCUT2D eigenvalue weighted by atomic mass is 79.9. The Hall–Kier alpha value is -1.79. The normalized spacial score (nSPS) is 18.1. The van der Waals surface area contributed by atoms with Crippen molar-refractivity contribution in [2.24, 2.45) is 5.41 Å². The number of nitrogens with zero attached hydrogens (tertiary/aromatic N) is 5.